The summed E-state index contributed by atoms with van der Waals surface area (Å²) in [6.45, 7) is 3.51. The van der Waals surface area contributed by atoms with Crippen LogP contribution in [0.2, 0.25) is 0 Å². The van der Waals surface area contributed by atoms with E-state index in [1.54, 1.807) is 13.8 Å². The Labute approximate surface area is 94.9 Å². The maximum absolute atomic E-state index is 9.88. The molecule has 0 amide bonds. The minimum absolute atomic E-state index is 0.755. The molecule has 2 rings (SSSR count). The van der Waals surface area contributed by atoms with Gasteiger partial charge in [0, 0.05) is 9.86 Å². The molecule has 0 spiro atoms. The molecule has 74 valence electrons. The van der Waals surface area contributed by atoms with Gasteiger partial charge in [-0.1, -0.05) is 22.0 Å². The van der Waals surface area contributed by atoms with Crippen molar-refractivity contribution in [3.8, 4) is 0 Å². The summed E-state index contributed by atoms with van der Waals surface area (Å²) in [4.78, 5) is 0. The molecule has 0 saturated heterocycles. The van der Waals surface area contributed by atoms with E-state index in [2.05, 4.69) is 20.3 Å². The maximum atomic E-state index is 9.88. The van der Waals surface area contributed by atoms with Crippen molar-refractivity contribution in [1.82, 2.24) is 4.37 Å². The fourth-order valence-corrected chi connectivity index (χ4v) is 2.82. The fourth-order valence-electron chi connectivity index (χ4n) is 1.35. The highest BCUT2D eigenvalue weighted by Crippen LogP contribution is 2.31. The minimum Gasteiger partial charge on any atom is -0.384 e. The van der Waals surface area contributed by atoms with Crippen LogP contribution < -0.4 is 0 Å². The molecule has 0 aliphatic rings. The van der Waals surface area contributed by atoms with Gasteiger partial charge in [-0.3, -0.25) is 0 Å². The third kappa shape index (κ3) is 1.69. The third-order valence-corrected chi connectivity index (χ3v) is 3.32. The number of nitrogens with zero attached hydrogens (tertiary/aromatic N) is 1. The number of aromatic nitrogens is 1. The summed E-state index contributed by atoms with van der Waals surface area (Å²) in [6.07, 6.45) is 0. The van der Waals surface area contributed by atoms with Crippen molar-refractivity contribution in [1.29, 1.82) is 0 Å². The molecule has 2 aromatic rings. The SMILES string of the molecule is CC(C)(O)c1nsc2cc(Br)ccc12. The van der Waals surface area contributed by atoms with Crippen LogP contribution >= 0.6 is 27.5 Å². The van der Waals surface area contributed by atoms with Crippen LogP contribution in [0, 0.1) is 0 Å². The lowest BCUT2D eigenvalue weighted by Crippen LogP contribution is -2.15. The summed E-state index contributed by atoms with van der Waals surface area (Å²) < 4.78 is 6.41. The van der Waals surface area contributed by atoms with Crippen molar-refractivity contribution in [2.75, 3.05) is 0 Å². The van der Waals surface area contributed by atoms with Crippen molar-refractivity contribution in [2.24, 2.45) is 0 Å². The first-order valence-corrected chi connectivity index (χ1v) is 5.83. The zero-order valence-corrected chi connectivity index (χ0v) is 10.3. The molecule has 14 heavy (non-hydrogen) atoms. The molecule has 0 saturated carbocycles. The summed E-state index contributed by atoms with van der Waals surface area (Å²) in [5, 5.41) is 10.9. The second-order valence-electron chi connectivity index (χ2n) is 3.73. The van der Waals surface area contributed by atoms with Gasteiger partial charge in [0.15, 0.2) is 0 Å². The van der Waals surface area contributed by atoms with Crippen LogP contribution in [-0.4, -0.2) is 9.48 Å². The molecule has 0 bridgehead atoms. The molecule has 4 heteroatoms. The highest BCUT2D eigenvalue weighted by molar-refractivity contribution is 9.10. The van der Waals surface area contributed by atoms with Gasteiger partial charge in [0.2, 0.25) is 0 Å². The lowest BCUT2D eigenvalue weighted by molar-refractivity contribution is 0.0765. The van der Waals surface area contributed by atoms with E-state index in [1.807, 2.05) is 18.2 Å². The van der Waals surface area contributed by atoms with Crippen molar-refractivity contribution >= 4 is 37.5 Å². The molecule has 0 aliphatic heterocycles. The summed E-state index contributed by atoms with van der Waals surface area (Å²) in [5.41, 5.74) is -0.114. The molecule has 0 unspecified atom stereocenters. The molecule has 1 aromatic carbocycles. The van der Waals surface area contributed by atoms with E-state index in [9.17, 15) is 5.11 Å². The molecule has 1 N–H and O–H groups in total. The quantitative estimate of drug-likeness (QED) is 0.864. The van der Waals surface area contributed by atoms with E-state index in [0.717, 1.165) is 20.3 Å². The van der Waals surface area contributed by atoms with Crippen molar-refractivity contribution < 1.29 is 5.11 Å². The lowest BCUT2D eigenvalue weighted by Gasteiger charge is -2.14. The van der Waals surface area contributed by atoms with Crippen LogP contribution in [0.3, 0.4) is 0 Å². The van der Waals surface area contributed by atoms with E-state index >= 15 is 0 Å². The van der Waals surface area contributed by atoms with Gasteiger partial charge in [0.05, 0.1) is 10.4 Å². The first-order chi connectivity index (χ1) is 6.48. The monoisotopic (exact) mass is 271 g/mol. The second-order valence-corrected chi connectivity index (χ2v) is 5.45. The lowest BCUT2D eigenvalue weighted by atomic mass is 10.0. The Morgan fingerprint density at radius 3 is 2.79 bits per heavy atom. The van der Waals surface area contributed by atoms with Gasteiger partial charge in [-0.15, -0.1) is 0 Å². The molecule has 0 radical (unpaired) electrons. The Balaban J connectivity index is 2.70. The predicted molar refractivity (Wildman–Crippen MR) is 62.6 cm³/mol. The highest BCUT2D eigenvalue weighted by atomic mass is 79.9. The molecule has 1 aromatic heterocycles. The van der Waals surface area contributed by atoms with Gasteiger partial charge in [-0.25, -0.2) is 0 Å². The summed E-state index contributed by atoms with van der Waals surface area (Å²) in [7, 11) is 0. The van der Waals surface area contributed by atoms with E-state index in [-0.39, 0.29) is 0 Å². The Morgan fingerprint density at radius 1 is 1.43 bits per heavy atom. The van der Waals surface area contributed by atoms with Gasteiger partial charge in [-0.2, -0.15) is 4.37 Å². The largest absolute Gasteiger partial charge is 0.384 e. The van der Waals surface area contributed by atoms with E-state index in [4.69, 9.17) is 0 Å². The number of hydrogen-bond acceptors (Lipinski definition) is 3. The van der Waals surface area contributed by atoms with Crippen LogP contribution in [-0.2, 0) is 5.60 Å². The second kappa shape index (κ2) is 3.29. The molecule has 0 fully saturated rings. The number of rotatable bonds is 1. The number of aliphatic hydroxyl groups is 1. The third-order valence-electron chi connectivity index (χ3n) is 2.01. The Bertz CT molecular complexity index is 472. The number of hydrogen-bond donors (Lipinski definition) is 1. The number of benzene rings is 1. The summed E-state index contributed by atoms with van der Waals surface area (Å²) in [6, 6.07) is 5.96. The molecule has 0 atom stereocenters. The van der Waals surface area contributed by atoms with Gasteiger partial charge in [0.1, 0.15) is 5.60 Å². The molecular formula is C10H10BrNOS. The van der Waals surface area contributed by atoms with E-state index in [0.29, 0.717) is 0 Å². The minimum atomic E-state index is -0.869. The van der Waals surface area contributed by atoms with Crippen molar-refractivity contribution in [3.63, 3.8) is 0 Å². The summed E-state index contributed by atoms with van der Waals surface area (Å²) in [5.74, 6) is 0. The smallest absolute Gasteiger partial charge is 0.103 e. The highest BCUT2D eigenvalue weighted by Gasteiger charge is 2.22. The van der Waals surface area contributed by atoms with Crippen LogP contribution in [0.15, 0.2) is 22.7 Å². The first kappa shape index (κ1) is 10.1. The summed E-state index contributed by atoms with van der Waals surface area (Å²) >= 11 is 4.82. The van der Waals surface area contributed by atoms with E-state index in [1.165, 1.54) is 11.5 Å². The van der Waals surface area contributed by atoms with Gasteiger partial charge in [0.25, 0.3) is 0 Å². The molecule has 2 nitrogen and oxygen atoms in total. The van der Waals surface area contributed by atoms with Crippen LogP contribution in [0.5, 0.6) is 0 Å². The Kier molecular flexibility index (Phi) is 2.37. The number of halogens is 1. The molecular weight excluding hydrogens is 262 g/mol. The maximum Gasteiger partial charge on any atom is 0.103 e. The Morgan fingerprint density at radius 2 is 2.14 bits per heavy atom. The zero-order chi connectivity index (χ0) is 10.3. The Hall–Kier alpha value is -0.450. The average Bonchev–Trinajstić information content (AvgIpc) is 2.45. The van der Waals surface area contributed by atoms with Crippen LogP contribution in [0.25, 0.3) is 10.1 Å². The normalized spacial score (nSPS) is 12.3. The standard InChI is InChI=1S/C10H10BrNOS/c1-10(2,13)9-7-4-3-6(11)5-8(7)14-12-9/h3-5,13H,1-2H3. The molecule has 1 heterocycles. The predicted octanol–water partition coefficient (Wildman–Crippen LogP) is 3.29. The molecule has 0 aliphatic carbocycles. The van der Waals surface area contributed by atoms with Crippen LogP contribution in [0.4, 0.5) is 0 Å². The zero-order valence-electron chi connectivity index (χ0n) is 7.91. The van der Waals surface area contributed by atoms with Gasteiger partial charge >= 0.3 is 0 Å². The van der Waals surface area contributed by atoms with Gasteiger partial charge in [-0.05, 0) is 37.5 Å². The first-order valence-electron chi connectivity index (χ1n) is 4.26. The van der Waals surface area contributed by atoms with Gasteiger partial charge < -0.3 is 5.11 Å². The average molecular weight is 272 g/mol. The number of fused-ring (bicyclic) bond motifs is 1. The van der Waals surface area contributed by atoms with Crippen molar-refractivity contribution in [3.05, 3.63) is 28.4 Å². The van der Waals surface area contributed by atoms with Crippen molar-refractivity contribution in [2.45, 2.75) is 19.4 Å². The van der Waals surface area contributed by atoms with E-state index < -0.39 is 5.60 Å². The fraction of sp³-hybridized carbons (Fsp3) is 0.300. The van der Waals surface area contributed by atoms with Crippen LogP contribution in [0.1, 0.15) is 19.5 Å². The topological polar surface area (TPSA) is 33.1 Å².